The molecule has 1 aliphatic carbocycles. The third kappa shape index (κ3) is 4.96. The van der Waals surface area contributed by atoms with Crippen LogP contribution in [0.25, 0.3) is 0 Å². The van der Waals surface area contributed by atoms with Crippen molar-refractivity contribution >= 4 is 17.8 Å². The van der Waals surface area contributed by atoms with Crippen molar-refractivity contribution in [1.29, 1.82) is 0 Å². The fourth-order valence-corrected chi connectivity index (χ4v) is 5.07. The van der Waals surface area contributed by atoms with Crippen LogP contribution in [0.5, 0.6) is 0 Å². The molecule has 1 spiro atoms. The Morgan fingerprint density at radius 1 is 1.12 bits per heavy atom. The molecule has 8 nitrogen and oxygen atoms in total. The molecule has 1 saturated carbocycles. The molecule has 2 saturated heterocycles. The van der Waals surface area contributed by atoms with Crippen LogP contribution >= 0.6 is 0 Å². The molecule has 1 atom stereocenters. The van der Waals surface area contributed by atoms with Gasteiger partial charge in [0.05, 0.1) is 13.2 Å². The highest BCUT2D eigenvalue weighted by Gasteiger charge is 2.51. The Kier molecular flexibility index (Phi) is 7.10. The molecular formula is C24H34N4O4. The Bertz CT molecular complexity index is 819. The summed E-state index contributed by atoms with van der Waals surface area (Å²) in [6, 6.07) is 9.34. The molecule has 1 aromatic rings. The second-order valence-electron chi connectivity index (χ2n) is 9.23. The van der Waals surface area contributed by atoms with Gasteiger partial charge in [-0.3, -0.25) is 19.4 Å². The number of benzene rings is 1. The van der Waals surface area contributed by atoms with Crippen LogP contribution in [0, 0.1) is 0 Å². The smallest absolute Gasteiger partial charge is 0.325 e. The van der Waals surface area contributed by atoms with Crippen molar-refractivity contribution in [3.63, 3.8) is 0 Å². The number of hydrogen-bond acceptors (Lipinski definition) is 5. The lowest BCUT2D eigenvalue weighted by Crippen LogP contribution is -2.51. The summed E-state index contributed by atoms with van der Waals surface area (Å²) in [4.78, 5) is 44.5. The first-order valence-corrected chi connectivity index (χ1v) is 11.8. The van der Waals surface area contributed by atoms with E-state index in [0.717, 1.165) is 49.4 Å². The maximum atomic E-state index is 13.5. The maximum absolute atomic E-state index is 13.5. The number of morpholine rings is 1. The van der Waals surface area contributed by atoms with Gasteiger partial charge in [-0.15, -0.1) is 0 Å². The molecule has 0 aromatic heterocycles. The molecule has 1 N–H and O–H groups in total. The first kappa shape index (κ1) is 22.7. The molecule has 0 radical (unpaired) electrons. The van der Waals surface area contributed by atoms with Crippen molar-refractivity contribution in [3.05, 3.63) is 35.9 Å². The lowest BCUT2D eigenvalue weighted by molar-refractivity contribution is -0.141. The molecule has 4 amide bonds. The lowest BCUT2D eigenvalue weighted by Gasteiger charge is -2.36. The monoisotopic (exact) mass is 442 g/mol. The SMILES string of the molecule is CC(CN1CCOCC1)N(Cc1ccccc1)C(=O)CN1C(=O)NC2(CCCCC2)C1=O. The molecule has 1 unspecified atom stereocenters. The van der Waals surface area contributed by atoms with Gasteiger partial charge in [-0.2, -0.15) is 0 Å². The minimum Gasteiger partial charge on any atom is -0.379 e. The molecule has 0 bridgehead atoms. The van der Waals surface area contributed by atoms with Crippen molar-refractivity contribution < 1.29 is 19.1 Å². The van der Waals surface area contributed by atoms with Crippen molar-refractivity contribution in [1.82, 2.24) is 20.0 Å². The number of imide groups is 1. The maximum Gasteiger partial charge on any atom is 0.325 e. The van der Waals surface area contributed by atoms with Gasteiger partial charge in [-0.25, -0.2) is 4.79 Å². The number of ether oxygens (including phenoxy) is 1. The largest absolute Gasteiger partial charge is 0.379 e. The van der Waals surface area contributed by atoms with Gasteiger partial charge in [0.25, 0.3) is 5.91 Å². The summed E-state index contributed by atoms with van der Waals surface area (Å²) in [5.74, 6) is -0.443. The highest BCUT2D eigenvalue weighted by Crippen LogP contribution is 2.33. The van der Waals surface area contributed by atoms with E-state index in [9.17, 15) is 14.4 Å². The second kappa shape index (κ2) is 10.0. The van der Waals surface area contributed by atoms with E-state index in [1.165, 1.54) is 0 Å². The molecule has 3 aliphatic rings. The first-order chi connectivity index (χ1) is 15.5. The van der Waals surface area contributed by atoms with Crippen LogP contribution in [0.4, 0.5) is 4.79 Å². The molecule has 2 heterocycles. The van der Waals surface area contributed by atoms with Gasteiger partial charge < -0.3 is 15.0 Å². The number of nitrogens with one attached hydrogen (secondary N) is 1. The highest BCUT2D eigenvalue weighted by molar-refractivity contribution is 6.09. The Balaban J connectivity index is 1.47. The van der Waals surface area contributed by atoms with Gasteiger partial charge >= 0.3 is 6.03 Å². The lowest BCUT2D eigenvalue weighted by atomic mass is 9.82. The summed E-state index contributed by atoms with van der Waals surface area (Å²) < 4.78 is 5.44. The van der Waals surface area contributed by atoms with E-state index in [4.69, 9.17) is 4.74 Å². The number of rotatable bonds is 7. The van der Waals surface area contributed by atoms with E-state index in [1.807, 2.05) is 37.3 Å². The van der Waals surface area contributed by atoms with Crippen molar-refractivity contribution in [2.45, 2.75) is 57.2 Å². The third-order valence-corrected chi connectivity index (χ3v) is 6.92. The van der Waals surface area contributed by atoms with Crippen LogP contribution in [0.2, 0.25) is 0 Å². The number of carbonyl (C=O) groups is 3. The van der Waals surface area contributed by atoms with E-state index in [-0.39, 0.29) is 24.4 Å². The summed E-state index contributed by atoms with van der Waals surface area (Å²) in [7, 11) is 0. The van der Waals surface area contributed by atoms with Gasteiger partial charge in [-0.05, 0) is 25.3 Å². The normalized spacial score (nSPS) is 22.1. The summed E-state index contributed by atoms with van der Waals surface area (Å²) in [5, 5.41) is 2.90. The minimum atomic E-state index is -0.806. The predicted molar refractivity (Wildman–Crippen MR) is 120 cm³/mol. The zero-order valence-corrected chi connectivity index (χ0v) is 18.9. The van der Waals surface area contributed by atoms with Gasteiger partial charge in [0.1, 0.15) is 12.1 Å². The van der Waals surface area contributed by atoms with Crippen molar-refractivity contribution in [2.75, 3.05) is 39.4 Å². The molecule has 32 heavy (non-hydrogen) atoms. The van der Waals surface area contributed by atoms with Crippen LogP contribution < -0.4 is 5.32 Å². The number of carbonyl (C=O) groups excluding carboxylic acids is 3. The number of amides is 4. The van der Waals surface area contributed by atoms with Gasteiger partial charge in [0.2, 0.25) is 5.91 Å². The van der Waals surface area contributed by atoms with Crippen LogP contribution in [0.1, 0.15) is 44.6 Å². The highest BCUT2D eigenvalue weighted by atomic mass is 16.5. The Morgan fingerprint density at radius 2 is 1.81 bits per heavy atom. The fraction of sp³-hybridized carbons (Fsp3) is 0.625. The van der Waals surface area contributed by atoms with Crippen LogP contribution in [0.3, 0.4) is 0 Å². The summed E-state index contributed by atoms with van der Waals surface area (Å²) in [6.45, 7) is 6.07. The molecule has 8 heteroatoms. The average Bonchev–Trinajstić information content (AvgIpc) is 3.03. The van der Waals surface area contributed by atoms with Crippen LogP contribution in [-0.2, 0) is 20.9 Å². The Morgan fingerprint density at radius 3 is 2.50 bits per heavy atom. The number of nitrogens with zero attached hydrogens (tertiary/aromatic N) is 3. The molecule has 3 fully saturated rings. The first-order valence-electron chi connectivity index (χ1n) is 11.8. The second-order valence-corrected chi connectivity index (χ2v) is 9.23. The Labute approximate surface area is 189 Å². The van der Waals surface area contributed by atoms with Crippen molar-refractivity contribution in [2.24, 2.45) is 0 Å². The topological polar surface area (TPSA) is 82.2 Å². The number of hydrogen-bond donors (Lipinski definition) is 1. The quantitative estimate of drug-likeness (QED) is 0.653. The Hall–Kier alpha value is -2.45. The van der Waals surface area contributed by atoms with E-state index in [0.29, 0.717) is 32.6 Å². The number of urea groups is 1. The van der Waals surface area contributed by atoms with Crippen molar-refractivity contribution in [3.8, 4) is 0 Å². The van der Waals surface area contributed by atoms with E-state index in [1.54, 1.807) is 4.90 Å². The average molecular weight is 443 g/mol. The molecule has 2 aliphatic heterocycles. The fourth-order valence-electron chi connectivity index (χ4n) is 5.07. The van der Waals surface area contributed by atoms with Crippen LogP contribution in [-0.4, -0.2) is 83.5 Å². The molecule has 4 rings (SSSR count). The van der Waals surface area contributed by atoms with E-state index in [2.05, 4.69) is 10.2 Å². The molecular weight excluding hydrogens is 408 g/mol. The predicted octanol–water partition coefficient (Wildman–Crippen LogP) is 1.99. The van der Waals surface area contributed by atoms with E-state index >= 15 is 0 Å². The van der Waals surface area contributed by atoms with E-state index < -0.39 is 11.6 Å². The summed E-state index contributed by atoms with van der Waals surface area (Å²) >= 11 is 0. The zero-order valence-electron chi connectivity index (χ0n) is 18.9. The third-order valence-electron chi connectivity index (χ3n) is 6.92. The van der Waals surface area contributed by atoms with Crippen LogP contribution in [0.15, 0.2) is 30.3 Å². The molecule has 174 valence electrons. The van der Waals surface area contributed by atoms with Gasteiger partial charge in [0.15, 0.2) is 0 Å². The summed E-state index contributed by atoms with van der Waals surface area (Å²) in [6.07, 6.45) is 4.23. The molecule has 1 aromatic carbocycles. The standard InChI is InChI=1S/C24H34N4O4/c1-19(16-26-12-14-32-15-13-26)27(17-20-8-4-2-5-9-20)21(29)18-28-22(30)24(25-23(28)31)10-6-3-7-11-24/h2,4-5,8-9,19H,3,6-7,10-18H2,1H3,(H,25,31). The minimum absolute atomic E-state index is 0.0646. The summed E-state index contributed by atoms with van der Waals surface area (Å²) in [5.41, 5.74) is 0.217. The van der Waals surface area contributed by atoms with Gasteiger partial charge in [-0.1, -0.05) is 49.6 Å². The van der Waals surface area contributed by atoms with Gasteiger partial charge in [0, 0.05) is 32.2 Å². The zero-order chi connectivity index (χ0) is 22.6.